The second-order valence-corrected chi connectivity index (χ2v) is 3.94. The highest BCUT2D eigenvalue weighted by Crippen LogP contribution is 2.11. The minimum Gasteiger partial charge on any atom is -0.354 e. The molecule has 0 saturated carbocycles. The Bertz CT molecular complexity index is 127. The summed E-state index contributed by atoms with van der Waals surface area (Å²) in [5, 5.41) is 0. The van der Waals surface area contributed by atoms with Crippen LogP contribution >= 0.6 is 0 Å². The zero-order valence-electron chi connectivity index (χ0n) is 9.75. The summed E-state index contributed by atoms with van der Waals surface area (Å²) in [4.78, 5) is 0. The number of ether oxygens (including phenoxy) is 2. The molecule has 0 heterocycles. The average Bonchev–Trinajstić information content (AvgIpc) is 2.16. The molecular weight excluding hydrogens is 180 g/mol. The van der Waals surface area contributed by atoms with Crippen LogP contribution in [-0.2, 0) is 9.47 Å². The first-order valence-corrected chi connectivity index (χ1v) is 5.17. The monoisotopic (exact) mass is 204 g/mol. The maximum absolute atomic E-state index is 5.43. The predicted octanol–water partition coefficient (Wildman–Crippen LogP) is 1.26. The fraction of sp³-hybridized carbons (Fsp3) is 1.00. The number of methoxy groups -OCH3 is 2. The van der Waals surface area contributed by atoms with Crippen LogP contribution in [0, 0.1) is 5.92 Å². The quantitative estimate of drug-likeness (QED) is 0.355. The van der Waals surface area contributed by atoms with E-state index in [0.29, 0.717) is 0 Å². The van der Waals surface area contributed by atoms with Gasteiger partial charge >= 0.3 is 0 Å². The van der Waals surface area contributed by atoms with Crippen LogP contribution in [-0.4, -0.2) is 26.6 Å². The minimum atomic E-state index is -0.257. The lowest BCUT2D eigenvalue weighted by molar-refractivity contribution is -0.124. The molecule has 0 aromatic rings. The summed E-state index contributed by atoms with van der Waals surface area (Å²) in [5.41, 5.74) is 2.73. The Morgan fingerprint density at radius 1 is 1.14 bits per heavy atom. The Morgan fingerprint density at radius 3 is 2.07 bits per heavy atom. The van der Waals surface area contributed by atoms with Gasteiger partial charge in [0.1, 0.15) is 0 Å². The van der Waals surface area contributed by atoms with E-state index in [2.05, 4.69) is 19.3 Å². The van der Waals surface area contributed by atoms with E-state index in [1.165, 1.54) is 6.42 Å². The first kappa shape index (κ1) is 13.8. The molecule has 1 atom stereocenters. The molecule has 0 bridgehead atoms. The molecule has 0 amide bonds. The molecule has 0 radical (unpaired) electrons. The molecular formula is C10H24N2O2. The zero-order chi connectivity index (χ0) is 11.0. The van der Waals surface area contributed by atoms with E-state index >= 15 is 0 Å². The summed E-state index contributed by atoms with van der Waals surface area (Å²) in [6.07, 6.45) is 3.06. The third-order valence-electron chi connectivity index (χ3n) is 2.30. The third-order valence-corrected chi connectivity index (χ3v) is 2.30. The summed E-state index contributed by atoms with van der Waals surface area (Å²) >= 11 is 0. The van der Waals surface area contributed by atoms with Gasteiger partial charge in [0.05, 0.1) is 6.04 Å². The molecule has 0 saturated heterocycles. The van der Waals surface area contributed by atoms with Crippen molar-refractivity contribution in [1.29, 1.82) is 0 Å². The molecule has 0 spiro atoms. The molecule has 86 valence electrons. The number of rotatable bonds is 8. The molecule has 14 heavy (non-hydrogen) atoms. The van der Waals surface area contributed by atoms with Gasteiger partial charge in [0.15, 0.2) is 6.29 Å². The second kappa shape index (κ2) is 8.17. The average molecular weight is 204 g/mol. The molecule has 0 aliphatic rings. The van der Waals surface area contributed by atoms with Gasteiger partial charge in [-0.25, -0.2) is 0 Å². The van der Waals surface area contributed by atoms with Gasteiger partial charge in [-0.15, -0.1) is 0 Å². The predicted molar refractivity (Wildman–Crippen MR) is 57.6 cm³/mol. The topological polar surface area (TPSA) is 56.5 Å². The number of nitrogens with one attached hydrogen (secondary N) is 1. The summed E-state index contributed by atoms with van der Waals surface area (Å²) in [5.74, 6) is 6.16. The number of hydrogen-bond acceptors (Lipinski definition) is 4. The normalized spacial score (nSPS) is 13.9. The van der Waals surface area contributed by atoms with Gasteiger partial charge in [-0.1, -0.05) is 26.7 Å². The molecule has 0 rings (SSSR count). The maximum atomic E-state index is 5.43. The van der Waals surface area contributed by atoms with Gasteiger partial charge < -0.3 is 9.47 Å². The van der Waals surface area contributed by atoms with E-state index in [4.69, 9.17) is 15.3 Å². The molecule has 0 aliphatic heterocycles. The van der Waals surface area contributed by atoms with Crippen molar-refractivity contribution >= 4 is 0 Å². The van der Waals surface area contributed by atoms with Crippen LogP contribution in [0.2, 0.25) is 0 Å². The Balaban J connectivity index is 3.77. The first-order chi connectivity index (χ1) is 6.65. The molecule has 0 fully saturated rings. The van der Waals surface area contributed by atoms with Gasteiger partial charge in [0.2, 0.25) is 0 Å². The van der Waals surface area contributed by atoms with Gasteiger partial charge in [-0.2, -0.15) is 0 Å². The lowest BCUT2D eigenvalue weighted by atomic mass is 10.0. The van der Waals surface area contributed by atoms with Crippen LogP contribution < -0.4 is 11.3 Å². The van der Waals surface area contributed by atoms with Gasteiger partial charge in [0, 0.05) is 14.2 Å². The van der Waals surface area contributed by atoms with E-state index in [9.17, 15) is 0 Å². The maximum Gasteiger partial charge on any atom is 0.173 e. The Morgan fingerprint density at radius 2 is 1.71 bits per heavy atom. The zero-order valence-corrected chi connectivity index (χ0v) is 9.75. The standard InChI is InChI=1S/C10H24N2O2/c1-8(2)6-5-7-9(12-11)10(13-3)14-4/h8-10,12H,5-7,11H2,1-4H3. The van der Waals surface area contributed by atoms with Crippen LogP contribution in [0.1, 0.15) is 33.1 Å². The third kappa shape index (κ3) is 5.54. The molecule has 0 aliphatic carbocycles. The van der Waals surface area contributed by atoms with Crippen LogP contribution in [0.3, 0.4) is 0 Å². The van der Waals surface area contributed by atoms with Crippen molar-refractivity contribution in [2.45, 2.75) is 45.4 Å². The van der Waals surface area contributed by atoms with Crippen LogP contribution in [0.15, 0.2) is 0 Å². The highest BCUT2D eigenvalue weighted by atomic mass is 16.7. The van der Waals surface area contributed by atoms with Crippen molar-refractivity contribution in [1.82, 2.24) is 5.43 Å². The van der Waals surface area contributed by atoms with Crippen molar-refractivity contribution in [2.24, 2.45) is 11.8 Å². The van der Waals surface area contributed by atoms with Crippen molar-refractivity contribution in [3.05, 3.63) is 0 Å². The highest BCUT2D eigenvalue weighted by Gasteiger charge is 2.18. The van der Waals surface area contributed by atoms with E-state index in [0.717, 1.165) is 18.8 Å². The fourth-order valence-corrected chi connectivity index (χ4v) is 1.47. The minimum absolute atomic E-state index is 0.0729. The smallest absolute Gasteiger partial charge is 0.173 e. The molecule has 1 unspecified atom stereocenters. The van der Waals surface area contributed by atoms with Crippen LogP contribution in [0.5, 0.6) is 0 Å². The SMILES string of the molecule is COC(OC)C(CCCC(C)C)NN. The Kier molecular flexibility index (Phi) is 8.08. The van der Waals surface area contributed by atoms with Gasteiger partial charge in [-0.3, -0.25) is 11.3 Å². The van der Waals surface area contributed by atoms with E-state index in [1.54, 1.807) is 14.2 Å². The first-order valence-electron chi connectivity index (χ1n) is 5.17. The molecule has 0 aromatic heterocycles. The number of nitrogens with two attached hydrogens (primary N) is 1. The van der Waals surface area contributed by atoms with Crippen molar-refractivity contribution < 1.29 is 9.47 Å². The Hall–Kier alpha value is -0.160. The van der Waals surface area contributed by atoms with Crippen LogP contribution in [0.4, 0.5) is 0 Å². The van der Waals surface area contributed by atoms with Gasteiger partial charge in [0.25, 0.3) is 0 Å². The van der Waals surface area contributed by atoms with Gasteiger partial charge in [-0.05, 0) is 12.3 Å². The fourth-order valence-electron chi connectivity index (χ4n) is 1.47. The Labute approximate surface area is 87.1 Å². The van der Waals surface area contributed by atoms with Crippen LogP contribution in [0.25, 0.3) is 0 Å². The molecule has 3 N–H and O–H groups in total. The van der Waals surface area contributed by atoms with E-state index in [-0.39, 0.29) is 12.3 Å². The summed E-state index contributed by atoms with van der Waals surface area (Å²) < 4.78 is 10.3. The van der Waals surface area contributed by atoms with Crippen molar-refractivity contribution in [3.8, 4) is 0 Å². The molecule has 0 aromatic carbocycles. The number of hydrazine groups is 1. The van der Waals surface area contributed by atoms with Crippen molar-refractivity contribution in [3.63, 3.8) is 0 Å². The summed E-state index contributed by atoms with van der Waals surface area (Å²) in [7, 11) is 3.25. The second-order valence-electron chi connectivity index (χ2n) is 3.94. The van der Waals surface area contributed by atoms with E-state index < -0.39 is 0 Å². The molecule has 4 heteroatoms. The van der Waals surface area contributed by atoms with Crippen molar-refractivity contribution in [2.75, 3.05) is 14.2 Å². The lowest BCUT2D eigenvalue weighted by Gasteiger charge is -2.24. The highest BCUT2D eigenvalue weighted by molar-refractivity contribution is 4.67. The van der Waals surface area contributed by atoms with E-state index in [1.807, 2.05) is 0 Å². The lowest BCUT2D eigenvalue weighted by Crippen LogP contribution is -2.45. The number of hydrogen-bond donors (Lipinski definition) is 2. The summed E-state index contributed by atoms with van der Waals surface area (Å²) in [6.45, 7) is 4.43. The largest absolute Gasteiger partial charge is 0.354 e. The summed E-state index contributed by atoms with van der Waals surface area (Å²) in [6, 6.07) is 0.0729. The molecule has 4 nitrogen and oxygen atoms in total.